The van der Waals surface area contributed by atoms with Crippen LogP contribution in [-0.4, -0.2) is 20.5 Å². The molecule has 90 valence electrons. The summed E-state index contributed by atoms with van der Waals surface area (Å²) in [4.78, 5) is 0. The predicted octanol–water partition coefficient (Wildman–Crippen LogP) is 2.69. The number of nitrogens with zero attached hydrogens (tertiary/aromatic N) is 2. The first-order valence-electron chi connectivity index (χ1n) is 6.06. The van der Waals surface area contributed by atoms with E-state index in [2.05, 4.69) is 34.9 Å². The average molecular weight is 287 g/mol. The first-order chi connectivity index (χ1) is 7.59. The van der Waals surface area contributed by atoms with E-state index >= 15 is 0 Å². The number of rotatable bonds is 4. The number of aryl methyl sites for hydroxylation is 2. The maximum atomic E-state index is 10.2. The molecule has 0 atom stereocenters. The Balaban J connectivity index is 2.27. The third-order valence-corrected chi connectivity index (χ3v) is 4.39. The summed E-state index contributed by atoms with van der Waals surface area (Å²) in [5.41, 5.74) is 1.78. The van der Waals surface area contributed by atoms with Crippen molar-refractivity contribution in [1.29, 1.82) is 0 Å². The van der Waals surface area contributed by atoms with Crippen molar-refractivity contribution in [3.63, 3.8) is 0 Å². The maximum Gasteiger partial charge on any atom is 0.0766 e. The van der Waals surface area contributed by atoms with E-state index in [1.807, 2.05) is 4.68 Å². The molecule has 1 aromatic rings. The molecule has 0 bridgehead atoms. The van der Waals surface area contributed by atoms with Gasteiger partial charge in [-0.05, 0) is 48.5 Å². The molecule has 2 rings (SSSR count). The minimum absolute atomic E-state index is 0.472. The molecular formula is C12H19BrN2O. The fourth-order valence-electron chi connectivity index (χ4n) is 2.26. The van der Waals surface area contributed by atoms with Gasteiger partial charge in [0.25, 0.3) is 0 Å². The summed E-state index contributed by atoms with van der Waals surface area (Å²) >= 11 is 3.61. The quantitative estimate of drug-likeness (QED) is 0.924. The molecule has 1 aliphatic rings. The van der Waals surface area contributed by atoms with Crippen LogP contribution in [0.15, 0.2) is 4.47 Å². The Morgan fingerprint density at radius 2 is 2.12 bits per heavy atom. The van der Waals surface area contributed by atoms with Gasteiger partial charge in [-0.2, -0.15) is 5.10 Å². The second kappa shape index (κ2) is 4.49. The van der Waals surface area contributed by atoms with Gasteiger partial charge in [-0.25, -0.2) is 0 Å². The van der Waals surface area contributed by atoms with Crippen LogP contribution in [0.1, 0.15) is 44.5 Å². The molecule has 1 aliphatic carbocycles. The molecule has 0 aromatic carbocycles. The monoisotopic (exact) mass is 286 g/mol. The standard InChI is InChI=1S/C12H19BrN2O/c1-3-9-11(13)10(15(4-2)14-9)8-12(16)6-5-7-12/h16H,3-8H2,1-2H3. The van der Waals surface area contributed by atoms with Crippen LogP contribution in [0.3, 0.4) is 0 Å². The minimum atomic E-state index is -0.472. The Hall–Kier alpha value is -0.350. The third-order valence-electron chi connectivity index (χ3n) is 3.47. The second-order valence-corrected chi connectivity index (χ2v) is 5.42. The molecule has 0 spiro atoms. The smallest absolute Gasteiger partial charge is 0.0766 e. The summed E-state index contributed by atoms with van der Waals surface area (Å²) in [5, 5.41) is 14.8. The Kier molecular flexibility index (Phi) is 3.40. The molecule has 1 saturated carbocycles. The first-order valence-corrected chi connectivity index (χ1v) is 6.85. The lowest BCUT2D eigenvalue weighted by Crippen LogP contribution is -2.39. The molecule has 0 saturated heterocycles. The van der Waals surface area contributed by atoms with Crippen LogP contribution in [0.4, 0.5) is 0 Å². The molecule has 0 unspecified atom stereocenters. The van der Waals surface area contributed by atoms with Crippen LogP contribution in [0.5, 0.6) is 0 Å². The molecule has 1 aromatic heterocycles. The van der Waals surface area contributed by atoms with E-state index in [0.717, 1.165) is 54.5 Å². The summed E-state index contributed by atoms with van der Waals surface area (Å²) in [6, 6.07) is 0. The molecule has 0 amide bonds. The number of halogens is 1. The summed E-state index contributed by atoms with van der Waals surface area (Å²) in [6.45, 7) is 5.06. The predicted molar refractivity (Wildman–Crippen MR) is 67.5 cm³/mol. The summed E-state index contributed by atoms with van der Waals surface area (Å²) < 4.78 is 3.11. The maximum absolute atomic E-state index is 10.2. The van der Waals surface area contributed by atoms with E-state index in [9.17, 15) is 5.11 Å². The van der Waals surface area contributed by atoms with Gasteiger partial charge < -0.3 is 5.11 Å². The van der Waals surface area contributed by atoms with Crippen molar-refractivity contribution in [3.8, 4) is 0 Å². The van der Waals surface area contributed by atoms with Crippen LogP contribution in [0.2, 0.25) is 0 Å². The Morgan fingerprint density at radius 1 is 1.44 bits per heavy atom. The molecular weight excluding hydrogens is 268 g/mol. The molecule has 0 radical (unpaired) electrons. The number of aliphatic hydroxyl groups is 1. The van der Waals surface area contributed by atoms with Gasteiger partial charge in [-0.15, -0.1) is 0 Å². The Bertz CT molecular complexity index is 383. The average Bonchev–Trinajstić information content (AvgIpc) is 2.53. The van der Waals surface area contributed by atoms with Crippen LogP contribution >= 0.6 is 15.9 Å². The third kappa shape index (κ3) is 2.05. The molecule has 3 nitrogen and oxygen atoms in total. The number of aromatic nitrogens is 2. The van der Waals surface area contributed by atoms with E-state index in [-0.39, 0.29) is 0 Å². The van der Waals surface area contributed by atoms with Crippen molar-refractivity contribution in [2.24, 2.45) is 0 Å². The van der Waals surface area contributed by atoms with Gasteiger partial charge in [0, 0.05) is 13.0 Å². The van der Waals surface area contributed by atoms with Gasteiger partial charge in [0.2, 0.25) is 0 Å². The van der Waals surface area contributed by atoms with Crippen molar-refractivity contribution in [1.82, 2.24) is 9.78 Å². The Morgan fingerprint density at radius 3 is 2.56 bits per heavy atom. The van der Waals surface area contributed by atoms with Crippen LogP contribution in [0.25, 0.3) is 0 Å². The van der Waals surface area contributed by atoms with Crippen molar-refractivity contribution in [2.45, 2.75) is 58.1 Å². The zero-order valence-electron chi connectivity index (χ0n) is 9.96. The molecule has 0 aliphatic heterocycles. The Labute approximate surface area is 105 Å². The highest BCUT2D eigenvalue weighted by atomic mass is 79.9. The van der Waals surface area contributed by atoms with Gasteiger partial charge in [0.15, 0.2) is 0 Å². The second-order valence-electron chi connectivity index (χ2n) is 4.63. The van der Waals surface area contributed by atoms with Gasteiger partial charge in [-0.3, -0.25) is 4.68 Å². The van der Waals surface area contributed by atoms with E-state index in [1.54, 1.807) is 0 Å². The summed E-state index contributed by atoms with van der Waals surface area (Å²) in [6.07, 6.45) is 4.66. The van der Waals surface area contributed by atoms with Crippen LogP contribution in [0, 0.1) is 0 Å². The van der Waals surface area contributed by atoms with E-state index in [0.29, 0.717) is 0 Å². The molecule has 1 N–H and O–H groups in total. The zero-order valence-corrected chi connectivity index (χ0v) is 11.5. The highest BCUT2D eigenvalue weighted by Gasteiger charge is 2.36. The fraction of sp³-hybridized carbons (Fsp3) is 0.750. The number of hydrogen-bond acceptors (Lipinski definition) is 2. The lowest BCUT2D eigenvalue weighted by molar-refractivity contribution is -0.0339. The van der Waals surface area contributed by atoms with E-state index in [1.165, 1.54) is 0 Å². The van der Waals surface area contributed by atoms with Gasteiger partial charge >= 0.3 is 0 Å². The van der Waals surface area contributed by atoms with Crippen LogP contribution < -0.4 is 0 Å². The van der Waals surface area contributed by atoms with Crippen molar-refractivity contribution in [2.75, 3.05) is 0 Å². The number of hydrogen-bond donors (Lipinski definition) is 1. The van der Waals surface area contributed by atoms with Gasteiger partial charge in [-0.1, -0.05) is 6.92 Å². The lowest BCUT2D eigenvalue weighted by atomic mass is 9.77. The normalized spacial score (nSPS) is 18.5. The highest BCUT2D eigenvalue weighted by molar-refractivity contribution is 9.10. The van der Waals surface area contributed by atoms with E-state index in [4.69, 9.17) is 0 Å². The SMILES string of the molecule is CCc1nn(CC)c(CC2(O)CCC2)c1Br. The largest absolute Gasteiger partial charge is 0.389 e. The van der Waals surface area contributed by atoms with Crippen molar-refractivity contribution in [3.05, 3.63) is 15.9 Å². The summed E-state index contributed by atoms with van der Waals surface area (Å²) in [7, 11) is 0. The molecule has 16 heavy (non-hydrogen) atoms. The zero-order chi connectivity index (χ0) is 11.8. The molecule has 1 fully saturated rings. The highest BCUT2D eigenvalue weighted by Crippen LogP contribution is 2.37. The van der Waals surface area contributed by atoms with Crippen molar-refractivity contribution >= 4 is 15.9 Å². The molecule has 1 heterocycles. The van der Waals surface area contributed by atoms with E-state index < -0.39 is 5.60 Å². The minimum Gasteiger partial charge on any atom is -0.389 e. The lowest BCUT2D eigenvalue weighted by Gasteiger charge is -2.36. The van der Waals surface area contributed by atoms with Gasteiger partial charge in [0.05, 0.1) is 21.5 Å². The fourth-order valence-corrected chi connectivity index (χ4v) is 2.96. The van der Waals surface area contributed by atoms with Crippen LogP contribution in [-0.2, 0) is 19.4 Å². The summed E-state index contributed by atoms with van der Waals surface area (Å²) in [5.74, 6) is 0. The topological polar surface area (TPSA) is 38.0 Å². The van der Waals surface area contributed by atoms with Crippen molar-refractivity contribution < 1.29 is 5.11 Å². The van der Waals surface area contributed by atoms with Gasteiger partial charge in [0.1, 0.15) is 0 Å². The first kappa shape index (κ1) is 12.1. The molecule has 4 heteroatoms.